The number of benzene rings is 1. The average Bonchev–Trinajstić information content (AvgIpc) is 2.29. The zero-order valence-electron chi connectivity index (χ0n) is 9.22. The molecule has 0 radical (unpaired) electrons. The van der Waals surface area contributed by atoms with Crippen LogP contribution in [0.25, 0.3) is 0 Å². The number of hydrogen-bond acceptors (Lipinski definition) is 4. The van der Waals surface area contributed by atoms with Crippen LogP contribution in [-0.2, 0) is 25.5 Å². The Bertz CT molecular complexity index is 431. The lowest BCUT2D eigenvalue weighted by Crippen LogP contribution is -2.26. The standard InChI is InChI=1S/C13H12O4/c1-2-3-9-4-6-10(7-5-9)13-16-11(14)8-12(15)17-13/h2,4-7,13H,1,3,8H2. The van der Waals surface area contributed by atoms with Gasteiger partial charge < -0.3 is 9.47 Å². The zero-order chi connectivity index (χ0) is 12.3. The average molecular weight is 232 g/mol. The number of hydrogen-bond donors (Lipinski definition) is 0. The minimum Gasteiger partial charge on any atom is -0.420 e. The van der Waals surface area contributed by atoms with E-state index in [2.05, 4.69) is 6.58 Å². The third-order valence-corrected chi connectivity index (χ3v) is 2.40. The van der Waals surface area contributed by atoms with Crippen molar-refractivity contribution in [2.75, 3.05) is 0 Å². The van der Waals surface area contributed by atoms with Gasteiger partial charge in [-0.1, -0.05) is 30.3 Å². The second-order valence-electron chi connectivity index (χ2n) is 3.72. The van der Waals surface area contributed by atoms with Crippen LogP contribution in [0, 0.1) is 0 Å². The van der Waals surface area contributed by atoms with Crippen molar-refractivity contribution in [3.05, 3.63) is 48.0 Å². The molecule has 1 fully saturated rings. The van der Waals surface area contributed by atoms with E-state index in [1.165, 1.54) is 0 Å². The second-order valence-corrected chi connectivity index (χ2v) is 3.72. The van der Waals surface area contributed by atoms with E-state index in [1.54, 1.807) is 18.2 Å². The summed E-state index contributed by atoms with van der Waals surface area (Å²) in [6.07, 6.45) is 1.34. The van der Waals surface area contributed by atoms with Gasteiger partial charge in [-0.3, -0.25) is 9.59 Å². The molecular formula is C13H12O4. The molecule has 0 unspecified atom stereocenters. The molecule has 0 amide bonds. The van der Waals surface area contributed by atoms with Gasteiger partial charge >= 0.3 is 11.9 Å². The number of ether oxygens (including phenoxy) is 2. The minimum atomic E-state index is -0.915. The van der Waals surface area contributed by atoms with Gasteiger partial charge in [0.1, 0.15) is 6.42 Å². The van der Waals surface area contributed by atoms with Crippen molar-refractivity contribution in [2.45, 2.75) is 19.1 Å². The first-order valence-electron chi connectivity index (χ1n) is 5.28. The highest BCUT2D eigenvalue weighted by atomic mass is 16.7. The SMILES string of the molecule is C=CCc1ccc(C2OC(=O)CC(=O)O2)cc1. The van der Waals surface area contributed by atoms with Gasteiger partial charge in [-0.05, 0) is 12.0 Å². The summed E-state index contributed by atoms with van der Waals surface area (Å²) < 4.78 is 9.88. The molecule has 17 heavy (non-hydrogen) atoms. The second kappa shape index (κ2) is 4.82. The molecule has 2 rings (SSSR count). The van der Waals surface area contributed by atoms with Crippen LogP contribution < -0.4 is 0 Å². The lowest BCUT2D eigenvalue weighted by Gasteiger charge is -2.22. The van der Waals surface area contributed by atoms with Crippen LogP contribution in [0.1, 0.15) is 23.8 Å². The maximum Gasteiger partial charge on any atom is 0.320 e. The van der Waals surface area contributed by atoms with Crippen LogP contribution in [0.5, 0.6) is 0 Å². The summed E-state index contributed by atoms with van der Waals surface area (Å²) in [5.74, 6) is -1.11. The van der Waals surface area contributed by atoms with Crippen LogP contribution in [0.3, 0.4) is 0 Å². The van der Waals surface area contributed by atoms with Crippen molar-refractivity contribution in [2.24, 2.45) is 0 Å². The van der Waals surface area contributed by atoms with E-state index in [0.29, 0.717) is 5.56 Å². The van der Waals surface area contributed by atoms with Crippen molar-refractivity contribution < 1.29 is 19.1 Å². The largest absolute Gasteiger partial charge is 0.420 e. The summed E-state index contributed by atoms with van der Waals surface area (Å²) in [6, 6.07) is 7.31. The molecule has 1 aromatic rings. The molecule has 0 spiro atoms. The Hall–Kier alpha value is -2.10. The molecule has 4 nitrogen and oxygen atoms in total. The fraction of sp³-hybridized carbons (Fsp3) is 0.231. The highest BCUT2D eigenvalue weighted by Gasteiger charge is 2.28. The van der Waals surface area contributed by atoms with Gasteiger partial charge in [0.25, 0.3) is 6.29 Å². The Morgan fingerprint density at radius 3 is 2.29 bits per heavy atom. The van der Waals surface area contributed by atoms with Crippen molar-refractivity contribution in [3.8, 4) is 0 Å². The lowest BCUT2D eigenvalue weighted by molar-refractivity contribution is -0.204. The summed E-state index contributed by atoms with van der Waals surface area (Å²) >= 11 is 0. The number of cyclic esters (lactones) is 2. The summed E-state index contributed by atoms with van der Waals surface area (Å²) in [5.41, 5.74) is 1.75. The highest BCUT2D eigenvalue weighted by Crippen LogP contribution is 2.24. The van der Waals surface area contributed by atoms with Crippen LogP contribution in [-0.4, -0.2) is 11.9 Å². The number of esters is 2. The van der Waals surface area contributed by atoms with E-state index in [1.807, 2.05) is 12.1 Å². The molecule has 1 saturated heterocycles. The Morgan fingerprint density at radius 1 is 1.18 bits per heavy atom. The quantitative estimate of drug-likeness (QED) is 0.454. The first-order valence-corrected chi connectivity index (χ1v) is 5.28. The van der Waals surface area contributed by atoms with E-state index < -0.39 is 18.2 Å². The molecule has 0 N–H and O–H groups in total. The van der Waals surface area contributed by atoms with Crippen molar-refractivity contribution in [3.63, 3.8) is 0 Å². The van der Waals surface area contributed by atoms with Crippen LogP contribution >= 0.6 is 0 Å². The summed E-state index contributed by atoms with van der Waals surface area (Å²) in [6.45, 7) is 3.65. The van der Waals surface area contributed by atoms with E-state index in [-0.39, 0.29) is 6.42 Å². The summed E-state index contributed by atoms with van der Waals surface area (Å²) in [7, 11) is 0. The fourth-order valence-electron chi connectivity index (χ4n) is 1.58. The molecule has 1 heterocycles. The van der Waals surface area contributed by atoms with E-state index in [0.717, 1.165) is 12.0 Å². The highest BCUT2D eigenvalue weighted by molar-refractivity contribution is 5.92. The smallest absolute Gasteiger partial charge is 0.320 e. The van der Waals surface area contributed by atoms with Gasteiger partial charge in [0.2, 0.25) is 0 Å². The Balaban J connectivity index is 2.13. The molecule has 1 aliphatic rings. The maximum absolute atomic E-state index is 11.1. The number of carbonyl (C=O) groups excluding carboxylic acids is 2. The molecule has 0 aromatic heterocycles. The van der Waals surface area contributed by atoms with Crippen LogP contribution in [0.4, 0.5) is 0 Å². The summed E-state index contributed by atoms with van der Waals surface area (Å²) in [4.78, 5) is 22.2. The monoisotopic (exact) mass is 232 g/mol. The van der Waals surface area contributed by atoms with Gasteiger partial charge in [0.05, 0.1) is 0 Å². The first-order chi connectivity index (χ1) is 8.19. The van der Waals surface area contributed by atoms with Crippen molar-refractivity contribution >= 4 is 11.9 Å². The molecule has 0 aliphatic carbocycles. The van der Waals surface area contributed by atoms with E-state index >= 15 is 0 Å². The summed E-state index contributed by atoms with van der Waals surface area (Å²) in [5, 5.41) is 0. The molecule has 1 aliphatic heterocycles. The van der Waals surface area contributed by atoms with Gasteiger partial charge in [-0.2, -0.15) is 0 Å². The van der Waals surface area contributed by atoms with Gasteiger partial charge in [0.15, 0.2) is 0 Å². The fourth-order valence-corrected chi connectivity index (χ4v) is 1.58. The third kappa shape index (κ3) is 2.72. The Kier molecular flexibility index (Phi) is 3.23. The van der Waals surface area contributed by atoms with Crippen molar-refractivity contribution in [1.82, 2.24) is 0 Å². The maximum atomic E-state index is 11.1. The molecule has 0 bridgehead atoms. The van der Waals surface area contributed by atoms with Gasteiger partial charge in [-0.15, -0.1) is 6.58 Å². The first kappa shape index (κ1) is 11.4. The van der Waals surface area contributed by atoms with Crippen molar-refractivity contribution in [1.29, 1.82) is 0 Å². The van der Waals surface area contributed by atoms with Crippen LogP contribution in [0.2, 0.25) is 0 Å². The Labute approximate surface area is 98.8 Å². The lowest BCUT2D eigenvalue weighted by atomic mass is 10.1. The predicted molar refractivity (Wildman–Crippen MR) is 59.9 cm³/mol. The van der Waals surface area contributed by atoms with Gasteiger partial charge in [0, 0.05) is 5.56 Å². The zero-order valence-corrected chi connectivity index (χ0v) is 9.22. The molecule has 0 saturated carbocycles. The number of carbonyl (C=O) groups is 2. The number of allylic oxidation sites excluding steroid dienone is 1. The molecule has 0 atom stereocenters. The molecule has 88 valence electrons. The van der Waals surface area contributed by atoms with Gasteiger partial charge in [-0.25, -0.2) is 0 Å². The molecule has 1 aromatic carbocycles. The van der Waals surface area contributed by atoms with Crippen LogP contribution in [0.15, 0.2) is 36.9 Å². The minimum absolute atomic E-state index is 0.314. The Morgan fingerprint density at radius 2 is 1.76 bits per heavy atom. The normalized spacial score (nSPS) is 16.2. The van der Waals surface area contributed by atoms with E-state index in [9.17, 15) is 9.59 Å². The molecular weight excluding hydrogens is 220 g/mol. The topological polar surface area (TPSA) is 52.6 Å². The van der Waals surface area contributed by atoms with E-state index in [4.69, 9.17) is 9.47 Å². The number of rotatable bonds is 3. The third-order valence-electron chi connectivity index (χ3n) is 2.40. The predicted octanol–water partition coefficient (Wildman–Crippen LogP) is 1.90. The molecule has 4 heteroatoms.